The van der Waals surface area contributed by atoms with Crippen molar-refractivity contribution in [1.82, 2.24) is 14.8 Å². The number of sulfone groups is 1. The minimum atomic E-state index is -3.02. The maximum absolute atomic E-state index is 12.6. The highest BCUT2D eigenvalue weighted by Crippen LogP contribution is 2.22. The molecule has 2 saturated heterocycles. The number of benzene rings is 1. The normalized spacial score (nSPS) is 22.4. The summed E-state index contributed by atoms with van der Waals surface area (Å²) in [6, 6.07) is 10.4. The van der Waals surface area contributed by atoms with Crippen molar-refractivity contribution in [2.75, 3.05) is 37.7 Å². The maximum Gasteiger partial charge on any atom is 0.226 e. The SMILES string of the molecule is O=C(C1CCS(=O)(=O)C1)N1CCN(Cc2csc(Cc3ccccc3)n2)CC1. The maximum atomic E-state index is 12.6. The number of amides is 1. The van der Waals surface area contributed by atoms with Crippen LogP contribution in [0.3, 0.4) is 0 Å². The zero-order valence-corrected chi connectivity index (χ0v) is 17.4. The zero-order valence-electron chi connectivity index (χ0n) is 15.8. The number of nitrogens with zero attached hydrogens (tertiary/aromatic N) is 3. The van der Waals surface area contributed by atoms with Crippen LogP contribution in [0.1, 0.15) is 22.7 Å². The van der Waals surface area contributed by atoms with Crippen LogP contribution in [0.2, 0.25) is 0 Å². The van der Waals surface area contributed by atoms with Gasteiger partial charge in [0.15, 0.2) is 9.84 Å². The second kappa shape index (κ2) is 8.31. The van der Waals surface area contributed by atoms with Crippen LogP contribution in [0.25, 0.3) is 0 Å². The molecule has 28 heavy (non-hydrogen) atoms. The number of hydrogen-bond acceptors (Lipinski definition) is 6. The van der Waals surface area contributed by atoms with Gasteiger partial charge in [0.2, 0.25) is 5.91 Å². The summed E-state index contributed by atoms with van der Waals surface area (Å²) in [6.07, 6.45) is 1.34. The molecule has 2 aliphatic rings. The fraction of sp³-hybridized carbons (Fsp3) is 0.500. The quantitative estimate of drug-likeness (QED) is 0.739. The minimum absolute atomic E-state index is 0.0135. The second-order valence-corrected chi connectivity index (χ2v) is 10.8. The van der Waals surface area contributed by atoms with Crippen LogP contribution < -0.4 is 0 Å². The predicted molar refractivity (Wildman–Crippen MR) is 110 cm³/mol. The van der Waals surface area contributed by atoms with Gasteiger partial charge in [0.1, 0.15) is 0 Å². The number of rotatable bonds is 5. The molecule has 1 aromatic carbocycles. The monoisotopic (exact) mass is 419 g/mol. The van der Waals surface area contributed by atoms with E-state index < -0.39 is 9.84 Å². The molecule has 2 aromatic rings. The van der Waals surface area contributed by atoms with E-state index in [0.29, 0.717) is 19.5 Å². The van der Waals surface area contributed by atoms with Gasteiger partial charge in [-0.1, -0.05) is 30.3 Å². The fourth-order valence-corrected chi connectivity index (χ4v) is 6.43. The standard InChI is InChI=1S/C20H25N3O3S2/c24-20(17-6-11-28(25,26)15-17)23-9-7-22(8-10-23)13-18-14-27-19(21-18)12-16-4-2-1-3-5-16/h1-5,14,17H,6-13,15H2. The first-order valence-electron chi connectivity index (χ1n) is 9.67. The van der Waals surface area contributed by atoms with Gasteiger partial charge in [-0.2, -0.15) is 0 Å². The Kier molecular flexibility index (Phi) is 5.80. The predicted octanol–water partition coefficient (Wildman–Crippen LogP) is 1.81. The third kappa shape index (κ3) is 4.79. The first-order valence-corrected chi connectivity index (χ1v) is 12.4. The summed E-state index contributed by atoms with van der Waals surface area (Å²) < 4.78 is 23.2. The Labute approximate surface area is 170 Å². The summed E-state index contributed by atoms with van der Waals surface area (Å²) in [5.41, 5.74) is 2.35. The molecule has 0 radical (unpaired) electrons. The summed E-state index contributed by atoms with van der Waals surface area (Å²) in [6.45, 7) is 3.73. The van der Waals surface area contributed by atoms with Crippen LogP contribution in [-0.2, 0) is 27.6 Å². The molecule has 1 aromatic heterocycles. The molecule has 1 amide bonds. The van der Waals surface area contributed by atoms with Crippen LogP contribution in [0.15, 0.2) is 35.7 Å². The van der Waals surface area contributed by atoms with E-state index in [0.717, 1.165) is 36.8 Å². The Hall–Kier alpha value is -1.77. The molecule has 1 atom stereocenters. The number of aromatic nitrogens is 1. The Balaban J connectivity index is 1.26. The van der Waals surface area contributed by atoms with Gasteiger partial charge >= 0.3 is 0 Å². The van der Waals surface area contributed by atoms with Gasteiger partial charge in [0.25, 0.3) is 0 Å². The molecule has 2 fully saturated rings. The largest absolute Gasteiger partial charge is 0.340 e. The fourth-order valence-electron chi connectivity index (χ4n) is 3.88. The molecule has 0 bridgehead atoms. The van der Waals surface area contributed by atoms with Crippen LogP contribution >= 0.6 is 11.3 Å². The van der Waals surface area contributed by atoms with Crippen molar-refractivity contribution < 1.29 is 13.2 Å². The van der Waals surface area contributed by atoms with E-state index in [1.165, 1.54) is 5.56 Å². The molecule has 0 spiro atoms. The van der Waals surface area contributed by atoms with Crippen LogP contribution in [0, 0.1) is 5.92 Å². The van der Waals surface area contributed by atoms with E-state index in [2.05, 4.69) is 22.4 Å². The molecule has 0 aliphatic carbocycles. The summed E-state index contributed by atoms with van der Waals surface area (Å²) in [7, 11) is -3.02. The third-order valence-electron chi connectivity index (χ3n) is 5.45. The molecule has 3 heterocycles. The Morgan fingerprint density at radius 1 is 1.14 bits per heavy atom. The molecular formula is C20H25N3O3S2. The molecule has 6 nitrogen and oxygen atoms in total. The van der Waals surface area contributed by atoms with Gasteiger partial charge < -0.3 is 4.90 Å². The van der Waals surface area contributed by atoms with Crippen molar-refractivity contribution in [3.05, 3.63) is 52.0 Å². The highest BCUT2D eigenvalue weighted by Gasteiger charge is 2.36. The molecule has 4 rings (SSSR count). The summed E-state index contributed by atoms with van der Waals surface area (Å²) in [5.74, 6) is -0.150. The number of carbonyl (C=O) groups excluding carboxylic acids is 1. The molecule has 2 aliphatic heterocycles. The minimum Gasteiger partial charge on any atom is -0.340 e. The first kappa shape index (κ1) is 19.5. The Bertz CT molecular complexity index is 919. The topological polar surface area (TPSA) is 70.6 Å². The van der Waals surface area contributed by atoms with Gasteiger partial charge in [0.05, 0.1) is 28.1 Å². The van der Waals surface area contributed by atoms with Gasteiger partial charge in [0, 0.05) is 44.5 Å². The lowest BCUT2D eigenvalue weighted by atomic mass is 10.1. The van der Waals surface area contributed by atoms with Gasteiger partial charge in [-0.25, -0.2) is 13.4 Å². The Morgan fingerprint density at radius 2 is 1.89 bits per heavy atom. The Morgan fingerprint density at radius 3 is 2.57 bits per heavy atom. The molecule has 0 saturated carbocycles. The molecular weight excluding hydrogens is 394 g/mol. The summed E-state index contributed by atoms with van der Waals surface area (Å²) >= 11 is 1.70. The molecule has 1 unspecified atom stereocenters. The number of carbonyl (C=O) groups is 1. The molecule has 8 heteroatoms. The van der Waals surface area contributed by atoms with Gasteiger partial charge in [-0.15, -0.1) is 11.3 Å². The lowest BCUT2D eigenvalue weighted by Gasteiger charge is -2.35. The number of piperazine rings is 1. The van der Waals surface area contributed by atoms with E-state index >= 15 is 0 Å². The smallest absolute Gasteiger partial charge is 0.226 e. The molecule has 0 N–H and O–H groups in total. The van der Waals surface area contributed by atoms with Crippen LogP contribution in [0.4, 0.5) is 0 Å². The van der Waals surface area contributed by atoms with Crippen molar-refractivity contribution >= 4 is 27.1 Å². The van der Waals surface area contributed by atoms with E-state index in [9.17, 15) is 13.2 Å². The third-order valence-corrected chi connectivity index (χ3v) is 8.11. The summed E-state index contributed by atoms with van der Waals surface area (Å²) in [5, 5.41) is 3.25. The van der Waals surface area contributed by atoms with Crippen LogP contribution in [-0.4, -0.2) is 66.8 Å². The average molecular weight is 420 g/mol. The summed E-state index contributed by atoms with van der Waals surface area (Å²) in [4.78, 5) is 21.5. The van der Waals surface area contributed by atoms with E-state index in [4.69, 9.17) is 4.98 Å². The van der Waals surface area contributed by atoms with Gasteiger partial charge in [-0.3, -0.25) is 9.69 Å². The van der Waals surface area contributed by atoms with Crippen LogP contribution in [0.5, 0.6) is 0 Å². The van der Waals surface area contributed by atoms with Crippen molar-refractivity contribution in [3.8, 4) is 0 Å². The molecule has 150 valence electrons. The number of hydrogen-bond donors (Lipinski definition) is 0. The number of thiazole rings is 1. The lowest BCUT2D eigenvalue weighted by molar-refractivity contribution is -0.136. The highest BCUT2D eigenvalue weighted by molar-refractivity contribution is 7.91. The average Bonchev–Trinajstić information content (AvgIpc) is 3.28. The highest BCUT2D eigenvalue weighted by atomic mass is 32.2. The van der Waals surface area contributed by atoms with E-state index in [1.54, 1.807) is 11.3 Å². The second-order valence-electron chi connectivity index (χ2n) is 7.60. The van der Waals surface area contributed by atoms with Gasteiger partial charge in [-0.05, 0) is 12.0 Å². The zero-order chi connectivity index (χ0) is 19.6. The van der Waals surface area contributed by atoms with E-state index in [1.807, 2.05) is 23.1 Å². The lowest BCUT2D eigenvalue weighted by Crippen LogP contribution is -2.50. The first-order chi connectivity index (χ1) is 13.5. The van der Waals surface area contributed by atoms with Crippen molar-refractivity contribution in [2.45, 2.75) is 19.4 Å². The van der Waals surface area contributed by atoms with Crippen molar-refractivity contribution in [3.63, 3.8) is 0 Å². The van der Waals surface area contributed by atoms with E-state index in [-0.39, 0.29) is 23.3 Å². The van der Waals surface area contributed by atoms with Crippen molar-refractivity contribution in [1.29, 1.82) is 0 Å². The van der Waals surface area contributed by atoms with Crippen molar-refractivity contribution in [2.24, 2.45) is 5.92 Å².